The predicted octanol–water partition coefficient (Wildman–Crippen LogP) is 3.20. The molecule has 0 aromatic heterocycles. The van der Waals surface area contributed by atoms with Crippen LogP contribution in [0.4, 0.5) is 10.1 Å². The SMILES string of the molecule is CCCCCCC(C)NC(=O)c1cccc(F)c1NN. The van der Waals surface area contributed by atoms with E-state index in [4.69, 9.17) is 5.84 Å². The van der Waals surface area contributed by atoms with Crippen LogP contribution in [0.15, 0.2) is 18.2 Å². The first-order valence-corrected chi connectivity index (χ1v) is 7.16. The molecular formula is C15H24FN3O. The molecule has 0 saturated heterocycles. The maximum atomic E-state index is 13.5. The quantitative estimate of drug-likeness (QED) is 0.389. The number of nitrogen functional groups attached to an aromatic ring is 1. The summed E-state index contributed by atoms with van der Waals surface area (Å²) in [4.78, 5) is 12.1. The van der Waals surface area contributed by atoms with E-state index in [1.807, 2.05) is 6.92 Å². The van der Waals surface area contributed by atoms with Crippen LogP contribution in [-0.2, 0) is 0 Å². The van der Waals surface area contributed by atoms with E-state index in [-0.39, 0.29) is 23.2 Å². The van der Waals surface area contributed by atoms with E-state index in [0.29, 0.717) is 0 Å². The fraction of sp³-hybridized carbons (Fsp3) is 0.533. The van der Waals surface area contributed by atoms with E-state index >= 15 is 0 Å². The molecule has 0 aliphatic carbocycles. The lowest BCUT2D eigenvalue weighted by Crippen LogP contribution is -2.33. The topological polar surface area (TPSA) is 67.2 Å². The van der Waals surface area contributed by atoms with Crippen LogP contribution < -0.4 is 16.6 Å². The van der Waals surface area contributed by atoms with Gasteiger partial charge in [0.1, 0.15) is 5.82 Å². The molecule has 0 aliphatic heterocycles. The van der Waals surface area contributed by atoms with Crippen molar-refractivity contribution in [3.63, 3.8) is 0 Å². The molecule has 1 unspecified atom stereocenters. The van der Waals surface area contributed by atoms with Crippen molar-refractivity contribution >= 4 is 11.6 Å². The second kappa shape index (κ2) is 8.53. The van der Waals surface area contributed by atoms with E-state index in [1.54, 1.807) is 6.07 Å². The van der Waals surface area contributed by atoms with Gasteiger partial charge in [-0.1, -0.05) is 38.7 Å². The largest absolute Gasteiger partial charge is 0.350 e. The monoisotopic (exact) mass is 281 g/mol. The maximum Gasteiger partial charge on any atom is 0.253 e. The highest BCUT2D eigenvalue weighted by atomic mass is 19.1. The second-order valence-corrected chi connectivity index (χ2v) is 5.03. The fourth-order valence-corrected chi connectivity index (χ4v) is 2.11. The van der Waals surface area contributed by atoms with Crippen molar-refractivity contribution in [2.45, 2.75) is 52.0 Å². The number of benzene rings is 1. The molecule has 0 aliphatic rings. The lowest BCUT2D eigenvalue weighted by molar-refractivity contribution is 0.0938. The molecule has 20 heavy (non-hydrogen) atoms. The standard InChI is InChI=1S/C15H24FN3O/c1-3-4-5-6-8-11(2)18-15(20)12-9-7-10-13(16)14(12)19-17/h7,9-11,19H,3-6,8,17H2,1-2H3,(H,18,20). The van der Waals surface area contributed by atoms with Gasteiger partial charge in [-0.15, -0.1) is 0 Å². The third kappa shape index (κ3) is 4.81. The first kappa shape index (κ1) is 16.4. The zero-order chi connectivity index (χ0) is 15.0. The highest BCUT2D eigenvalue weighted by molar-refractivity contribution is 5.99. The van der Waals surface area contributed by atoms with Crippen LogP contribution in [0.5, 0.6) is 0 Å². The Hall–Kier alpha value is -1.62. The number of rotatable bonds is 8. The number of carbonyl (C=O) groups is 1. The Kier molecular flexibility index (Phi) is 7.01. The van der Waals surface area contributed by atoms with Crippen molar-refractivity contribution < 1.29 is 9.18 Å². The highest BCUT2D eigenvalue weighted by Crippen LogP contribution is 2.18. The molecule has 112 valence electrons. The number of halogens is 1. The van der Waals surface area contributed by atoms with Gasteiger partial charge in [-0.25, -0.2) is 4.39 Å². The predicted molar refractivity (Wildman–Crippen MR) is 79.9 cm³/mol. The molecule has 0 bridgehead atoms. The van der Waals surface area contributed by atoms with Crippen molar-refractivity contribution in [2.24, 2.45) is 5.84 Å². The van der Waals surface area contributed by atoms with Gasteiger partial charge in [-0.3, -0.25) is 10.6 Å². The average Bonchev–Trinajstić information content (AvgIpc) is 2.43. The van der Waals surface area contributed by atoms with Crippen molar-refractivity contribution in [3.8, 4) is 0 Å². The van der Waals surface area contributed by atoms with E-state index in [1.165, 1.54) is 31.4 Å². The third-order valence-electron chi connectivity index (χ3n) is 3.27. The minimum atomic E-state index is -0.532. The average molecular weight is 281 g/mol. The summed E-state index contributed by atoms with van der Waals surface area (Å²) in [5.74, 6) is 4.43. The number of nitrogens with one attached hydrogen (secondary N) is 2. The van der Waals surface area contributed by atoms with Gasteiger partial charge in [0, 0.05) is 6.04 Å². The molecule has 1 rings (SSSR count). The van der Waals surface area contributed by atoms with Crippen LogP contribution in [0.3, 0.4) is 0 Å². The first-order chi connectivity index (χ1) is 9.60. The number of carbonyl (C=O) groups excluding carboxylic acids is 1. The van der Waals surface area contributed by atoms with Gasteiger partial charge in [-0.05, 0) is 25.5 Å². The Morgan fingerprint density at radius 1 is 1.35 bits per heavy atom. The molecule has 5 heteroatoms. The number of unbranched alkanes of at least 4 members (excludes halogenated alkanes) is 3. The summed E-state index contributed by atoms with van der Waals surface area (Å²) in [6, 6.07) is 4.38. The highest BCUT2D eigenvalue weighted by Gasteiger charge is 2.15. The number of amides is 1. The molecule has 1 aromatic carbocycles. The van der Waals surface area contributed by atoms with Crippen molar-refractivity contribution in [2.75, 3.05) is 5.43 Å². The molecule has 1 amide bonds. The first-order valence-electron chi connectivity index (χ1n) is 7.16. The van der Waals surface area contributed by atoms with Crippen LogP contribution in [0.1, 0.15) is 56.3 Å². The van der Waals surface area contributed by atoms with E-state index in [9.17, 15) is 9.18 Å². The second-order valence-electron chi connectivity index (χ2n) is 5.03. The van der Waals surface area contributed by atoms with Crippen LogP contribution in [0, 0.1) is 5.82 Å². The van der Waals surface area contributed by atoms with Crippen LogP contribution in [-0.4, -0.2) is 11.9 Å². The zero-order valence-electron chi connectivity index (χ0n) is 12.2. The van der Waals surface area contributed by atoms with E-state index in [2.05, 4.69) is 17.7 Å². The summed E-state index contributed by atoms with van der Waals surface area (Å²) in [5.41, 5.74) is 2.50. The minimum Gasteiger partial charge on any atom is -0.350 e. The van der Waals surface area contributed by atoms with Gasteiger partial charge in [0.15, 0.2) is 0 Å². The Balaban J connectivity index is 2.56. The molecule has 4 nitrogen and oxygen atoms in total. The summed E-state index contributed by atoms with van der Waals surface area (Å²) in [5, 5.41) is 2.87. The number of para-hydroxylation sites is 1. The molecule has 1 atom stereocenters. The Bertz CT molecular complexity index is 437. The lowest BCUT2D eigenvalue weighted by atomic mass is 10.1. The molecule has 0 heterocycles. The lowest BCUT2D eigenvalue weighted by Gasteiger charge is -2.15. The van der Waals surface area contributed by atoms with E-state index in [0.717, 1.165) is 12.8 Å². The van der Waals surface area contributed by atoms with Gasteiger partial charge >= 0.3 is 0 Å². The van der Waals surface area contributed by atoms with Crippen molar-refractivity contribution in [1.29, 1.82) is 0 Å². The summed E-state index contributed by atoms with van der Waals surface area (Å²) >= 11 is 0. The smallest absolute Gasteiger partial charge is 0.253 e. The zero-order valence-corrected chi connectivity index (χ0v) is 12.2. The van der Waals surface area contributed by atoms with Crippen molar-refractivity contribution in [1.82, 2.24) is 5.32 Å². The van der Waals surface area contributed by atoms with Crippen molar-refractivity contribution in [3.05, 3.63) is 29.6 Å². The number of nitrogens with two attached hydrogens (primary N) is 1. The Labute approximate surface area is 119 Å². The Morgan fingerprint density at radius 2 is 2.10 bits per heavy atom. The fourth-order valence-electron chi connectivity index (χ4n) is 2.11. The number of hydrazine groups is 1. The van der Waals surface area contributed by atoms with Crippen LogP contribution >= 0.6 is 0 Å². The molecule has 0 spiro atoms. The van der Waals surface area contributed by atoms with Crippen LogP contribution in [0.25, 0.3) is 0 Å². The molecule has 0 radical (unpaired) electrons. The van der Waals surface area contributed by atoms with Crippen LogP contribution in [0.2, 0.25) is 0 Å². The number of hydrogen-bond donors (Lipinski definition) is 3. The summed E-state index contributed by atoms with van der Waals surface area (Å²) < 4.78 is 13.5. The third-order valence-corrected chi connectivity index (χ3v) is 3.27. The maximum absolute atomic E-state index is 13.5. The van der Waals surface area contributed by atoms with Gasteiger partial charge in [0.05, 0.1) is 11.3 Å². The molecular weight excluding hydrogens is 257 g/mol. The molecule has 4 N–H and O–H groups in total. The summed E-state index contributed by atoms with van der Waals surface area (Å²) in [6.07, 6.45) is 5.58. The molecule has 1 aromatic rings. The molecule has 0 saturated carbocycles. The van der Waals surface area contributed by atoms with Gasteiger partial charge in [0.25, 0.3) is 5.91 Å². The van der Waals surface area contributed by atoms with E-state index < -0.39 is 5.82 Å². The molecule has 0 fully saturated rings. The summed E-state index contributed by atoms with van der Waals surface area (Å²) in [7, 11) is 0. The minimum absolute atomic E-state index is 0.0307. The normalized spacial score (nSPS) is 12.0. The van der Waals surface area contributed by atoms with Gasteiger partial charge < -0.3 is 10.7 Å². The number of anilines is 1. The summed E-state index contributed by atoms with van der Waals surface area (Å²) in [6.45, 7) is 4.12. The number of hydrogen-bond acceptors (Lipinski definition) is 3. The van der Waals surface area contributed by atoms with Gasteiger partial charge in [0.2, 0.25) is 0 Å². The van der Waals surface area contributed by atoms with Gasteiger partial charge in [-0.2, -0.15) is 0 Å². The Morgan fingerprint density at radius 3 is 2.75 bits per heavy atom.